The molecule has 0 aromatic carbocycles. The topological polar surface area (TPSA) is 203 Å². The van der Waals surface area contributed by atoms with E-state index >= 15 is 0 Å². The summed E-state index contributed by atoms with van der Waals surface area (Å²) in [6.07, 6.45) is 0. The van der Waals surface area contributed by atoms with Gasteiger partial charge in [0, 0.05) is 0 Å². The number of carbonyl (C=O) groups is 1. The third-order valence-corrected chi connectivity index (χ3v) is 0.175. The maximum atomic E-state index is 9.24. The van der Waals surface area contributed by atoms with Crippen LogP contribution in [0.25, 0.3) is 0 Å². The van der Waals surface area contributed by atoms with E-state index in [2.05, 4.69) is 5.73 Å². The molecule has 0 aliphatic carbocycles. The SMILES string of the molecule is N.N.N.N.NCC(=O)O. The quantitative estimate of drug-likeness (QED) is 0.288. The molecule has 0 aliphatic rings. The van der Waals surface area contributed by atoms with Gasteiger partial charge in [0.25, 0.3) is 0 Å². The molecule has 0 aliphatic heterocycles. The van der Waals surface area contributed by atoms with Gasteiger partial charge in [-0.05, 0) is 0 Å². The van der Waals surface area contributed by atoms with E-state index < -0.39 is 5.97 Å². The van der Waals surface area contributed by atoms with Crippen molar-refractivity contribution >= 4 is 5.97 Å². The fraction of sp³-hybridized carbons (Fsp3) is 0.500. The molecule has 0 fully saturated rings. The third kappa shape index (κ3) is 125. The number of nitrogens with two attached hydrogens (primary N) is 1. The summed E-state index contributed by atoms with van der Waals surface area (Å²) in [6, 6.07) is 0. The zero-order valence-electron chi connectivity index (χ0n) is 5.47. The molecule has 0 aromatic rings. The predicted octanol–water partition coefficient (Wildman–Crippen LogP) is -0.322. The van der Waals surface area contributed by atoms with Crippen molar-refractivity contribution in [3.05, 3.63) is 0 Å². The number of hydrogen-bond acceptors (Lipinski definition) is 6. The Kier molecular flexibility index (Phi) is 121. The number of aliphatic carboxylic acids is 1. The number of hydrogen-bond donors (Lipinski definition) is 6. The van der Waals surface area contributed by atoms with Gasteiger partial charge in [0.05, 0.1) is 6.54 Å². The zero-order chi connectivity index (χ0) is 4.28. The number of rotatable bonds is 1. The van der Waals surface area contributed by atoms with E-state index in [1.54, 1.807) is 0 Å². The van der Waals surface area contributed by atoms with Gasteiger partial charge in [-0.1, -0.05) is 0 Å². The molecule has 15 N–H and O–H groups in total. The minimum Gasteiger partial charge on any atom is -0.480 e. The zero-order valence-corrected chi connectivity index (χ0v) is 5.47. The van der Waals surface area contributed by atoms with Crippen LogP contribution in [0.2, 0.25) is 0 Å². The molecule has 0 amide bonds. The highest BCUT2D eigenvalue weighted by atomic mass is 16.4. The summed E-state index contributed by atoms with van der Waals surface area (Å²) in [7, 11) is 0. The molecule has 7 nitrogen and oxygen atoms in total. The van der Waals surface area contributed by atoms with Gasteiger partial charge >= 0.3 is 5.97 Å². The second-order valence-electron chi connectivity index (χ2n) is 0.598. The van der Waals surface area contributed by atoms with Gasteiger partial charge in [-0.15, -0.1) is 0 Å². The van der Waals surface area contributed by atoms with Crippen LogP contribution in [-0.4, -0.2) is 17.6 Å². The van der Waals surface area contributed by atoms with Crippen molar-refractivity contribution in [2.45, 2.75) is 0 Å². The molecule has 0 bridgehead atoms. The normalized spacial score (nSPS) is 4.11. The van der Waals surface area contributed by atoms with Crippen LogP contribution in [0.5, 0.6) is 0 Å². The fourth-order valence-corrected chi connectivity index (χ4v) is 0. The Balaban J connectivity index is -0.0000000133. The van der Waals surface area contributed by atoms with Crippen LogP contribution >= 0.6 is 0 Å². The van der Waals surface area contributed by atoms with E-state index in [9.17, 15) is 4.79 Å². The number of carboxylic acids is 1. The average Bonchev–Trinajstić information content (AvgIpc) is 1.38. The lowest BCUT2D eigenvalue weighted by atomic mass is 10.7. The molecule has 0 unspecified atom stereocenters. The standard InChI is InChI=1S/C2H5NO2.4H3N/c3-1-2(4)5;;;;/h1,3H2,(H,4,5);4*1H3. The lowest BCUT2D eigenvalue weighted by Gasteiger charge is -1.73. The van der Waals surface area contributed by atoms with Gasteiger partial charge in [-0.2, -0.15) is 0 Å². The largest absolute Gasteiger partial charge is 0.480 e. The van der Waals surface area contributed by atoms with E-state index in [1.807, 2.05) is 0 Å². The van der Waals surface area contributed by atoms with Crippen LogP contribution in [0.15, 0.2) is 0 Å². The van der Waals surface area contributed by atoms with Crippen molar-refractivity contribution in [1.29, 1.82) is 0 Å². The maximum absolute atomic E-state index is 9.24. The molecule has 9 heavy (non-hydrogen) atoms. The van der Waals surface area contributed by atoms with Gasteiger partial charge < -0.3 is 35.4 Å². The Hall–Kier alpha value is -0.730. The summed E-state index contributed by atoms with van der Waals surface area (Å²) >= 11 is 0. The van der Waals surface area contributed by atoms with Crippen LogP contribution in [0.4, 0.5) is 0 Å². The Labute approximate surface area is 53.9 Å². The van der Waals surface area contributed by atoms with Gasteiger partial charge in [0.2, 0.25) is 0 Å². The molecule has 0 heterocycles. The van der Waals surface area contributed by atoms with Gasteiger partial charge in [0.15, 0.2) is 0 Å². The second kappa shape index (κ2) is 26.7. The maximum Gasteiger partial charge on any atom is 0.317 e. The molecule has 0 radical (unpaired) electrons. The van der Waals surface area contributed by atoms with E-state index in [1.165, 1.54) is 0 Å². The average molecular weight is 143 g/mol. The molecule has 0 saturated carbocycles. The molecule has 0 aromatic heterocycles. The highest BCUT2D eigenvalue weighted by Crippen LogP contribution is 1.43. The van der Waals surface area contributed by atoms with Crippen LogP contribution < -0.4 is 30.3 Å². The molecule has 7 heteroatoms. The fourth-order valence-electron chi connectivity index (χ4n) is 0. The van der Waals surface area contributed by atoms with Crippen LogP contribution in [0.1, 0.15) is 0 Å². The van der Waals surface area contributed by atoms with Crippen molar-refractivity contribution in [1.82, 2.24) is 24.6 Å². The van der Waals surface area contributed by atoms with Crippen molar-refractivity contribution in [2.75, 3.05) is 6.54 Å². The predicted molar refractivity (Wildman–Crippen MR) is 36.8 cm³/mol. The smallest absolute Gasteiger partial charge is 0.317 e. The first-order valence-corrected chi connectivity index (χ1v) is 1.19. The highest BCUT2D eigenvalue weighted by Gasteiger charge is 1.81. The van der Waals surface area contributed by atoms with Crippen LogP contribution in [0, 0.1) is 0 Å². The summed E-state index contributed by atoms with van der Waals surface area (Å²) < 4.78 is 0. The van der Waals surface area contributed by atoms with Crippen molar-refractivity contribution < 1.29 is 9.90 Å². The van der Waals surface area contributed by atoms with E-state index in [-0.39, 0.29) is 31.1 Å². The molecule has 62 valence electrons. The van der Waals surface area contributed by atoms with Crippen molar-refractivity contribution in [3.63, 3.8) is 0 Å². The van der Waals surface area contributed by atoms with Crippen molar-refractivity contribution in [2.24, 2.45) is 5.73 Å². The lowest BCUT2D eigenvalue weighted by molar-refractivity contribution is -0.135. The summed E-state index contributed by atoms with van der Waals surface area (Å²) in [5.41, 5.74) is 4.57. The Bertz CT molecular complexity index is 48.2. The Morgan fingerprint density at radius 2 is 1.33 bits per heavy atom. The summed E-state index contributed by atoms with van der Waals surface area (Å²) in [4.78, 5) is 9.24. The van der Waals surface area contributed by atoms with E-state index in [0.717, 1.165) is 0 Å². The third-order valence-electron chi connectivity index (χ3n) is 0.175. The Morgan fingerprint density at radius 1 is 1.22 bits per heavy atom. The first-order valence-electron chi connectivity index (χ1n) is 1.19. The summed E-state index contributed by atoms with van der Waals surface area (Å²) in [6.45, 7) is -0.278. The van der Waals surface area contributed by atoms with Gasteiger partial charge in [0.1, 0.15) is 0 Å². The molecular formula is C2H17N5O2. The summed E-state index contributed by atoms with van der Waals surface area (Å²) in [5.74, 6) is -0.968. The number of carboxylic acid groups (broad SMARTS) is 1. The monoisotopic (exact) mass is 143 g/mol. The first-order chi connectivity index (χ1) is 2.27. The van der Waals surface area contributed by atoms with Gasteiger partial charge in [-0.25, -0.2) is 0 Å². The van der Waals surface area contributed by atoms with Crippen LogP contribution in [-0.2, 0) is 4.79 Å². The minimum absolute atomic E-state index is 0. The highest BCUT2D eigenvalue weighted by molar-refractivity contribution is 5.68. The Morgan fingerprint density at radius 3 is 1.33 bits per heavy atom. The molecule has 0 saturated heterocycles. The van der Waals surface area contributed by atoms with E-state index in [4.69, 9.17) is 5.11 Å². The molecule has 0 rings (SSSR count). The van der Waals surface area contributed by atoms with Crippen molar-refractivity contribution in [3.8, 4) is 0 Å². The van der Waals surface area contributed by atoms with E-state index in [0.29, 0.717) is 0 Å². The summed E-state index contributed by atoms with van der Waals surface area (Å²) in [5, 5.41) is 7.60. The van der Waals surface area contributed by atoms with Gasteiger partial charge in [-0.3, -0.25) is 4.79 Å². The molecule has 0 atom stereocenters. The van der Waals surface area contributed by atoms with Crippen LogP contribution in [0.3, 0.4) is 0 Å². The minimum atomic E-state index is -0.968. The molecular weight excluding hydrogens is 126 g/mol. The first kappa shape index (κ1) is 40.9. The molecule has 0 spiro atoms. The lowest BCUT2D eigenvalue weighted by Crippen LogP contribution is -2.10. The second-order valence-corrected chi connectivity index (χ2v) is 0.598.